The molecular formula is C14H27NO3. The number of nitrogens with zero attached hydrogens (tertiary/aromatic N) is 1. The second-order valence-corrected chi connectivity index (χ2v) is 5.81. The van der Waals surface area contributed by atoms with Gasteiger partial charge in [-0.3, -0.25) is 9.69 Å². The van der Waals surface area contributed by atoms with Crippen LogP contribution in [0.2, 0.25) is 0 Å². The van der Waals surface area contributed by atoms with Gasteiger partial charge in [0.25, 0.3) is 0 Å². The third kappa shape index (κ3) is 4.94. The lowest BCUT2D eigenvalue weighted by atomic mass is 9.99. The first kappa shape index (κ1) is 15.4. The highest BCUT2D eigenvalue weighted by molar-refractivity contribution is 5.73. The number of hydrogen-bond acceptors (Lipinski definition) is 3. The van der Waals surface area contributed by atoms with Gasteiger partial charge in [0.1, 0.15) is 6.04 Å². The van der Waals surface area contributed by atoms with E-state index in [1.165, 1.54) is 12.8 Å². The lowest BCUT2D eigenvalue weighted by molar-refractivity contribution is -0.144. The molecule has 0 bridgehead atoms. The molecule has 1 aliphatic heterocycles. The molecular weight excluding hydrogens is 230 g/mol. The molecule has 0 aliphatic carbocycles. The zero-order valence-corrected chi connectivity index (χ0v) is 11.9. The van der Waals surface area contributed by atoms with Gasteiger partial charge in [0.15, 0.2) is 0 Å². The number of ether oxygens (including phenoxy) is 1. The minimum absolute atomic E-state index is 0.175. The smallest absolute Gasteiger partial charge is 0.320 e. The average Bonchev–Trinajstić information content (AvgIpc) is 2.27. The first-order valence-electron chi connectivity index (χ1n) is 6.98. The van der Waals surface area contributed by atoms with Crippen LogP contribution in [-0.4, -0.2) is 47.8 Å². The molecule has 0 aromatic rings. The van der Waals surface area contributed by atoms with Gasteiger partial charge in [-0.15, -0.1) is 0 Å². The lowest BCUT2D eigenvalue weighted by Crippen LogP contribution is -2.44. The van der Waals surface area contributed by atoms with Crippen LogP contribution in [0.25, 0.3) is 0 Å². The van der Waals surface area contributed by atoms with E-state index in [-0.39, 0.29) is 11.6 Å². The topological polar surface area (TPSA) is 49.8 Å². The Kier molecular flexibility index (Phi) is 6.09. The number of carbonyl (C=O) groups is 1. The van der Waals surface area contributed by atoms with Crippen molar-refractivity contribution in [1.29, 1.82) is 0 Å². The summed E-state index contributed by atoms with van der Waals surface area (Å²) < 4.78 is 5.41. The average molecular weight is 257 g/mol. The molecule has 1 N–H and O–H groups in total. The van der Waals surface area contributed by atoms with E-state index in [0.29, 0.717) is 0 Å². The second-order valence-electron chi connectivity index (χ2n) is 5.81. The third-order valence-electron chi connectivity index (χ3n) is 3.95. The van der Waals surface area contributed by atoms with Gasteiger partial charge >= 0.3 is 5.97 Å². The molecule has 18 heavy (non-hydrogen) atoms. The highest BCUT2D eigenvalue weighted by Gasteiger charge is 2.28. The van der Waals surface area contributed by atoms with Gasteiger partial charge in [-0.1, -0.05) is 19.3 Å². The van der Waals surface area contributed by atoms with Crippen LogP contribution >= 0.6 is 0 Å². The Morgan fingerprint density at radius 2 is 2.00 bits per heavy atom. The van der Waals surface area contributed by atoms with E-state index < -0.39 is 5.97 Å². The van der Waals surface area contributed by atoms with Crippen LogP contribution in [0.5, 0.6) is 0 Å². The molecule has 0 radical (unpaired) electrons. The Bertz CT molecular complexity index is 266. The number of likely N-dealkylation sites (tertiary alicyclic amines) is 1. The summed E-state index contributed by atoms with van der Waals surface area (Å²) in [5.41, 5.74) is -0.175. The van der Waals surface area contributed by atoms with Crippen molar-refractivity contribution in [2.45, 2.75) is 64.0 Å². The van der Waals surface area contributed by atoms with E-state index in [0.717, 1.165) is 38.8 Å². The summed E-state index contributed by atoms with van der Waals surface area (Å²) in [6.07, 6.45) is 6.17. The molecule has 4 heteroatoms. The fraction of sp³-hybridized carbons (Fsp3) is 0.929. The van der Waals surface area contributed by atoms with Crippen molar-refractivity contribution < 1.29 is 14.6 Å². The maximum absolute atomic E-state index is 11.4. The van der Waals surface area contributed by atoms with Gasteiger partial charge in [-0.25, -0.2) is 0 Å². The fourth-order valence-electron chi connectivity index (χ4n) is 2.41. The molecule has 0 saturated carbocycles. The molecule has 0 aromatic heterocycles. The second kappa shape index (κ2) is 7.10. The minimum Gasteiger partial charge on any atom is -0.480 e. The van der Waals surface area contributed by atoms with Gasteiger partial charge in [0, 0.05) is 13.7 Å². The number of carboxylic acid groups (broad SMARTS) is 1. The highest BCUT2D eigenvalue weighted by Crippen LogP contribution is 2.20. The van der Waals surface area contributed by atoms with Gasteiger partial charge in [-0.2, -0.15) is 0 Å². The SMILES string of the molecule is COC(C)(C)CCN1CCCCCCC1C(=O)O. The third-order valence-corrected chi connectivity index (χ3v) is 3.95. The van der Waals surface area contributed by atoms with Crippen molar-refractivity contribution in [3.05, 3.63) is 0 Å². The summed E-state index contributed by atoms with van der Waals surface area (Å²) >= 11 is 0. The molecule has 1 fully saturated rings. The standard InChI is InChI=1S/C14H27NO3/c1-14(2,18-3)9-11-15-10-7-5-4-6-8-12(15)13(16)17/h12H,4-11H2,1-3H3,(H,16,17). The Hall–Kier alpha value is -0.610. The molecule has 0 spiro atoms. The van der Waals surface area contributed by atoms with Gasteiger partial charge in [-0.05, 0) is 39.7 Å². The summed E-state index contributed by atoms with van der Waals surface area (Å²) in [4.78, 5) is 13.5. The Morgan fingerprint density at radius 1 is 1.33 bits per heavy atom. The molecule has 1 saturated heterocycles. The zero-order valence-electron chi connectivity index (χ0n) is 11.9. The molecule has 1 heterocycles. The Morgan fingerprint density at radius 3 is 2.61 bits per heavy atom. The van der Waals surface area contributed by atoms with Crippen LogP contribution in [-0.2, 0) is 9.53 Å². The summed E-state index contributed by atoms with van der Waals surface area (Å²) in [5.74, 6) is -0.674. The molecule has 1 unspecified atom stereocenters. The molecule has 1 rings (SSSR count). The van der Waals surface area contributed by atoms with E-state index in [1.807, 2.05) is 13.8 Å². The summed E-state index contributed by atoms with van der Waals surface area (Å²) in [6.45, 7) is 5.80. The number of methoxy groups -OCH3 is 1. The van der Waals surface area contributed by atoms with Crippen LogP contribution in [0, 0.1) is 0 Å². The van der Waals surface area contributed by atoms with Crippen LogP contribution < -0.4 is 0 Å². The molecule has 1 aliphatic rings. The largest absolute Gasteiger partial charge is 0.480 e. The molecule has 1 atom stereocenters. The van der Waals surface area contributed by atoms with Crippen molar-refractivity contribution in [3.63, 3.8) is 0 Å². The highest BCUT2D eigenvalue weighted by atomic mass is 16.5. The van der Waals surface area contributed by atoms with Gasteiger partial charge < -0.3 is 9.84 Å². The summed E-state index contributed by atoms with van der Waals surface area (Å²) in [7, 11) is 1.71. The number of hydrogen-bond donors (Lipinski definition) is 1. The monoisotopic (exact) mass is 257 g/mol. The molecule has 0 aromatic carbocycles. The fourth-order valence-corrected chi connectivity index (χ4v) is 2.41. The van der Waals surface area contributed by atoms with E-state index in [2.05, 4.69) is 4.90 Å². The van der Waals surface area contributed by atoms with Crippen LogP contribution in [0.15, 0.2) is 0 Å². The minimum atomic E-state index is -0.674. The van der Waals surface area contributed by atoms with Crippen molar-refractivity contribution >= 4 is 5.97 Å². The summed E-state index contributed by atoms with van der Waals surface area (Å²) in [5, 5.41) is 9.34. The molecule has 106 valence electrons. The molecule has 4 nitrogen and oxygen atoms in total. The van der Waals surface area contributed by atoms with E-state index in [9.17, 15) is 9.90 Å². The van der Waals surface area contributed by atoms with Crippen LogP contribution in [0.4, 0.5) is 0 Å². The summed E-state index contributed by atoms with van der Waals surface area (Å²) in [6, 6.07) is -0.307. The van der Waals surface area contributed by atoms with Crippen molar-refractivity contribution in [2.24, 2.45) is 0 Å². The van der Waals surface area contributed by atoms with Crippen molar-refractivity contribution in [2.75, 3.05) is 20.2 Å². The van der Waals surface area contributed by atoms with E-state index in [4.69, 9.17) is 4.74 Å². The first-order valence-corrected chi connectivity index (χ1v) is 6.98. The maximum Gasteiger partial charge on any atom is 0.320 e. The van der Waals surface area contributed by atoms with Gasteiger partial charge in [0.2, 0.25) is 0 Å². The van der Waals surface area contributed by atoms with E-state index >= 15 is 0 Å². The first-order chi connectivity index (χ1) is 8.46. The maximum atomic E-state index is 11.4. The van der Waals surface area contributed by atoms with Gasteiger partial charge in [0.05, 0.1) is 5.60 Å². The van der Waals surface area contributed by atoms with Crippen LogP contribution in [0.1, 0.15) is 52.4 Å². The van der Waals surface area contributed by atoms with Crippen molar-refractivity contribution in [1.82, 2.24) is 4.90 Å². The number of carboxylic acids is 1. The molecule has 0 amide bonds. The number of aliphatic carboxylic acids is 1. The number of rotatable bonds is 5. The predicted octanol–water partition coefficient (Wildman–Crippen LogP) is 2.52. The quantitative estimate of drug-likeness (QED) is 0.822. The predicted molar refractivity (Wildman–Crippen MR) is 71.8 cm³/mol. The normalized spacial score (nSPS) is 23.4. The zero-order chi connectivity index (χ0) is 13.6. The Labute approximate surface area is 110 Å². The van der Waals surface area contributed by atoms with Crippen LogP contribution in [0.3, 0.4) is 0 Å². The van der Waals surface area contributed by atoms with E-state index in [1.54, 1.807) is 7.11 Å². The Balaban J connectivity index is 2.58. The lowest BCUT2D eigenvalue weighted by Gasteiger charge is -2.33. The van der Waals surface area contributed by atoms with Crippen molar-refractivity contribution in [3.8, 4) is 0 Å².